The van der Waals surface area contributed by atoms with Crippen molar-refractivity contribution >= 4 is 35.2 Å². The molecule has 0 bridgehead atoms. The lowest BCUT2D eigenvalue weighted by atomic mass is 10.1. The van der Waals surface area contributed by atoms with E-state index in [4.69, 9.17) is 0 Å². The maximum atomic E-state index is 4.22. The van der Waals surface area contributed by atoms with Gasteiger partial charge in [0.1, 0.15) is 12.7 Å². The van der Waals surface area contributed by atoms with Crippen LogP contribution in [0.15, 0.2) is 95.5 Å². The van der Waals surface area contributed by atoms with Crippen LogP contribution in [0.5, 0.6) is 0 Å². The van der Waals surface area contributed by atoms with Crippen LogP contribution in [0.3, 0.4) is 0 Å². The molecule has 0 aliphatic carbocycles. The van der Waals surface area contributed by atoms with E-state index in [1.165, 1.54) is 16.9 Å². The van der Waals surface area contributed by atoms with Crippen LogP contribution < -0.4 is 19.4 Å². The van der Waals surface area contributed by atoms with Crippen molar-refractivity contribution in [2.75, 3.05) is 31.4 Å². The van der Waals surface area contributed by atoms with Gasteiger partial charge in [-0.1, -0.05) is 17.2 Å². The number of benzene rings is 2. The number of nitrogens with zero attached hydrogens (tertiary/aromatic N) is 6. The van der Waals surface area contributed by atoms with E-state index in [1.807, 2.05) is 73.0 Å². The molecule has 0 spiro atoms. The Morgan fingerprint density at radius 2 is 1.54 bits per heavy atom. The van der Waals surface area contributed by atoms with Gasteiger partial charge in [0.2, 0.25) is 5.69 Å². The first-order chi connectivity index (χ1) is 16.9. The monoisotopic (exact) mass is 469 g/mol. The molecule has 2 aromatic heterocycles. The zero-order chi connectivity index (χ0) is 25.2. The smallest absolute Gasteiger partial charge is 0.388 e. The normalized spacial score (nSPS) is 10.9. The molecule has 2 heterocycles. The third-order valence-corrected chi connectivity index (χ3v) is 5.51. The molecule has 0 aliphatic rings. The first kappa shape index (κ1) is 25.4. The van der Waals surface area contributed by atoms with Gasteiger partial charge >= 0.3 is 5.95 Å². The lowest BCUT2D eigenvalue weighted by Crippen LogP contribution is -2.30. The van der Waals surface area contributed by atoms with Crippen molar-refractivity contribution in [3.05, 3.63) is 96.6 Å². The highest BCUT2D eigenvalue weighted by Crippen LogP contribution is 2.18. The Bertz CT molecular complexity index is 1250. The Balaban J connectivity index is 0.000000196. The highest BCUT2D eigenvalue weighted by Gasteiger charge is 2.10. The average Bonchev–Trinajstić information content (AvgIpc) is 3.20. The van der Waals surface area contributed by atoms with Crippen LogP contribution in [0.4, 0.5) is 23.0 Å². The second-order valence-corrected chi connectivity index (χ2v) is 8.37. The fourth-order valence-electron chi connectivity index (χ4n) is 3.30. The molecule has 1 N–H and O–H groups in total. The molecule has 0 atom stereocenters. The number of anilines is 2. The largest absolute Gasteiger partial charge is 0.421 e. The third kappa shape index (κ3) is 7.37. The predicted molar refractivity (Wildman–Crippen MR) is 144 cm³/mol. The number of aromatic nitrogens is 3. The van der Waals surface area contributed by atoms with E-state index in [0.717, 1.165) is 17.3 Å². The number of hydrogen-bond donors (Lipinski definition) is 1. The van der Waals surface area contributed by atoms with E-state index in [1.54, 1.807) is 0 Å². The minimum atomic E-state index is 0.808. The number of imidazole rings is 1. The summed E-state index contributed by atoms with van der Waals surface area (Å²) in [5.74, 6) is 0.808. The summed E-state index contributed by atoms with van der Waals surface area (Å²) in [5, 5.41) is 11.5. The number of nitrogens with one attached hydrogen (secondary N) is 1. The van der Waals surface area contributed by atoms with Crippen LogP contribution in [-0.4, -0.2) is 25.7 Å². The van der Waals surface area contributed by atoms with Crippen LogP contribution >= 0.6 is 0 Å². The van der Waals surface area contributed by atoms with Crippen molar-refractivity contribution in [1.29, 1.82) is 0 Å². The minimum absolute atomic E-state index is 0.808. The Labute approximate surface area is 208 Å². The van der Waals surface area contributed by atoms with Crippen molar-refractivity contribution in [2.45, 2.75) is 0 Å². The van der Waals surface area contributed by atoms with Gasteiger partial charge in [-0.2, -0.15) is 0 Å². The van der Waals surface area contributed by atoms with Crippen molar-refractivity contribution in [3.8, 4) is 0 Å². The molecule has 2 aromatic carbocycles. The van der Waals surface area contributed by atoms with Crippen molar-refractivity contribution in [2.24, 2.45) is 31.4 Å². The Morgan fingerprint density at radius 3 is 2.11 bits per heavy atom. The number of aryl methyl sites for hydroxylation is 3. The minimum Gasteiger partial charge on any atom is -0.388 e. The fourth-order valence-corrected chi connectivity index (χ4v) is 3.30. The standard InChI is InChI=1S/C16H19N2.C12H15N5/c1-17(2)15-10-7-14(8-11-15)9-12-16-6-4-5-13-18(16)3;1-13-10-4-6-11(7-5-10)14-15-12-16(2)8-9-17(12)3/h4-13H,1-3H3;4-9H,1-3H3/q+1;/p+1. The number of rotatable bonds is 6. The summed E-state index contributed by atoms with van der Waals surface area (Å²) < 4.78 is 5.95. The van der Waals surface area contributed by atoms with Crippen molar-refractivity contribution < 1.29 is 9.13 Å². The number of azo groups is 1. The van der Waals surface area contributed by atoms with E-state index in [2.05, 4.69) is 101 Å². The summed E-state index contributed by atoms with van der Waals surface area (Å²) in [6, 6.07) is 22.5. The molecule has 4 rings (SSSR count). The van der Waals surface area contributed by atoms with Gasteiger partial charge in [0, 0.05) is 55.8 Å². The lowest BCUT2D eigenvalue weighted by molar-refractivity contribution is -0.673. The highest BCUT2D eigenvalue weighted by molar-refractivity contribution is 5.68. The second kappa shape index (κ2) is 12.3. The quantitative estimate of drug-likeness (QED) is 0.317. The van der Waals surface area contributed by atoms with Gasteiger partial charge in [0.25, 0.3) is 0 Å². The average molecular weight is 470 g/mol. The van der Waals surface area contributed by atoms with Crippen LogP contribution in [0.1, 0.15) is 11.3 Å². The molecular formula is C28H35N7+2. The Kier molecular flexibility index (Phi) is 8.89. The van der Waals surface area contributed by atoms with Gasteiger partial charge in [-0.3, -0.25) is 0 Å². The predicted octanol–water partition coefficient (Wildman–Crippen LogP) is 5.05. The lowest BCUT2D eigenvalue weighted by Gasteiger charge is -2.11. The highest BCUT2D eigenvalue weighted by atomic mass is 15.3. The molecule has 0 fully saturated rings. The SMILES string of the molecule is CN(C)c1ccc(C=Cc2cccc[n+]2C)cc1.CNc1ccc(N=Nc2n(C)cc[n+]2C)cc1. The molecular weight excluding hydrogens is 434 g/mol. The maximum absolute atomic E-state index is 4.22. The maximum Gasteiger partial charge on any atom is 0.421 e. The van der Waals surface area contributed by atoms with E-state index in [9.17, 15) is 0 Å². The Morgan fingerprint density at radius 1 is 0.829 bits per heavy atom. The topological polar surface area (TPSA) is 52.7 Å². The molecule has 0 saturated heterocycles. The first-order valence-electron chi connectivity index (χ1n) is 11.5. The summed E-state index contributed by atoms with van der Waals surface area (Å²) in [4.78, 5) is 2.10. The fraction of sp³-hybridized carbons (Fsp3) is 0.214. The molecule has 7 nitrogen and oxygen atoms in total. The van der Waals surface area contributed by atoms with Gasteiger partial charge in [0.05, 0.1) is 26.5 Å². The van der Waals surface area contributed by atoms with Crippen LogP contribution in [0.25, 0.3) is 12.2 Å². The summed E-state index contributed by atoms with van der Waals surface area (Å²) in [7, 11) is 11.9. The van der Waals surface area contributed by atoms with Gasteiger partial charge in [-0.25, -0.2) is 13.7 Å². The van der Waals surface area contributed by atoms with Crippen molar-refractivity contribution in [3.63, 3.8) is 0 Å². The summed E-state index contributed by atoms with van der Waals surface area (Å²) in [6.45, 7) is 0. The third-order valence-electron chi connectivity index (χ3n) is 5.51. The molecule has 7 heteroatoms. The molecule has 35 heavy (non-hydrogen) atoms. The number of hydrogen-bond acceptors (Lipinski definition) is 4. The number of pyridine rings is 1. The molecule has 0 aliphatic heterocycles. The molecule has 0 amide bonds. The van der Waals surface area contributed by atoms with Crippen LogP contribution in [-0.2, 0) is 21.1 Å². The Hall–Kier alpha value is -4.26. The van der Waals surface area contributed by atoms with E-state index < -0.39 is 0 Å². The summed E-state index contributed by atoms with van der Waals surface area (Å²) >= 11 is 0. The molecule has 180 valence electrons. The van der Waals surface area contributed by atoms with Gasteiger partial charge in [-0.05, 0) is 54.1 Å². The molecule has 0 saturated carbocycles. The van der Waals surface area contributed by atoms with E-state index in [0.29, 0.717) is 0 Å². The van der Waals surface area contributed by atoms with Gasteiger partial charge < -0.3 is 10.2 Å². The van der Waals surface area contributed by atoms with E-state index in [-0.39, 0.29) is 0 Å². The zero-order valence-corrected chi connectivity index (χ0v) is 21.4. The van der Waals surface area contributed by atoms with Crippen molar-refractivity contribution in [1.82, 2.24) is 4.57 Å². The second-order valence-electron chi connectivity index (χ2n) is 8.37. The molecule has 0 unspecified atom stereocenters. The molecule has 4 aromatic rings. The zero-order valence-electron chi connectivity index (χ0n) is 21.4. The summed E-state index contributed by atoms with van der Waals surface area (Å²) in [6.07, 6.45) is 10.2. The summed E-state index contributed by atoms with van der Waals surface area (Å²) in [5.41, 5.74) is 5.52. The first-order valence-corrected chi connectivity index (χ1v) is 11.5. The van der Waals surface area contributed by atoms with Gasteiger partial charge in [-0.15, -0.1) is 0 Å². The van der Waals surface area contributed by atoms with E-state index >= 15 is 0 Å². The van der Waals surface area contributed by atoms with Gasteiger partial charge in [0.15, 0.2) is 6.20 Å². The van der Waals surface area contributed by atoms with Crippen LogP contribution in [0.2, 0.25) is 0 Å². The molecule has 0 radical (unpaired) electrons. The van der Waals surface area contributed by atoms with Crippen LogP contribution in [0, 0.1) is 0 Å².